The number of hydrogen-bond donors (Lipinski definition) is 3. The van der Waals surface area contributed by atoms with Gasteiger partial charge in [0.2, 0.25) is 5.95 Å². The van der Waals surface area contributed by atoms with Gasteiger partial charge in [0.15, 0.2) is 5.82 Å². The van der Waals surface area contributed by atoms with Gasteiger partial charge in [0.1, 0.15) is 23.6 Å². The molecule has 0 radical (unpaired) electrons. The predicted octanol–water partition coefficient (Wildman–Crippen LogP) is 5.03. The lowest BCUT2D eigenvalue weighted by Crippen LogP contribution is -2.68. The Kier molecular flexibility index (Phi) is 6.11. The van der Waals surface area contributed by atoms with Crippen LogP contribution in [0.3, 0.4) is 0 Å². The van der Waals surface area contributed by atoms with Crippen molar-refractivity contribution in [2.45, 2.75) is 75.2 Å². The van der Waals surface area contributed by atoms with Crippen LogP contribution in [-0.2, 0) is 16.1 Å². The second-order valence-corrected chi connectivity index (χ2v) is 10.3. The van der Waals surface area contributed by atoms with Gasteiger partial charge in [0, 0.05) is 35.5 Å². The Bertz CT molecular complexity index is 1380. The molecule has 0 aliphatic heterocycles. The summed E-state index contributed by atoms with van der Waals surface area (Å²) in [6.45, 7) is -0.921. The maximum absolute atomic E-state index is 14.7. The lowest BCUT2D eigenvalue weighted by atomic mass is 9.50. The maximum atomic E-state index is 14.7. The molecule has 3 N–H and O–H groups in total. The van der Waals surface area contributed by atoms with Crippen LogP contribution in [-0.4, -0.2) is 54.8 Å². The average molecular weight is 559 g/mol. The molecule has 10 nitrogen and oxygen atoms in total. The average Bonchev–Trinajstić information content (AvgIpc) is 3.52. The van der Waals surface area contributed by atoms with E-state index in [1.165, 1.54) is 16.7 Å². The van der Waals surface area contributed by atoms with Crippen molar-refractivity contribution in [1.29, 1.82) is 0 Å². The van der Waals surface area contributed by atoms with Crippen LogP contribution in [0.15, 0.2) is 18.3 Å². The number of aromatic amines is 1. The van der Waals surface area contributed by atoms with Crippen LogP contribution in [0.25, 0.3) is 5.65 Å². The Hall–Kier alpha value is -3.56. The highest BCUT2D eigenvalue weighted by atomic mass is 19.4. The number of anilines is 2. The summed E-state index contributed by atoms with van der Waals surface area (Å²) in [5.41, 5.74) is -0.541. The van der Waals surface area contributed by atoms with Gasteiger partial charge in [-0.05, 0) is 38.0 Å². The molecule has 0 unspecified atom stereocenters. The van der Waals surface area contributed by atoms with Crippen LogP contribution in [0.5, 0.6) is 0 Å². The van der Waals surface area contributed by atoms with E-state index in [1.54, 1.807) is 0 Å². The summed E-state index contributed by atoms with van der Waals surface area (Å²) >= 11 is 0. The van der Waals surface area contributed by atoms with Crippen LogP contribution >= 0.6 is 0 Å². The van der Waals surface area contributed by atoms with Crippen molar-refractivity contribution >= 4 is 23.5 Å². The number of rotatable bonds is 8. The molecule has 210 valence electrons. The van der Waals surface area contributed by atoms with E-state index in [-0.39, 0.29) is 47.4 Å². The van der Waals surface area contributed by atoms with Crippen molar-refractivity contribution in [2.24, 2.45) is 5.92 Å². The van der Waals surface area contributed by atoms with Gasteiger partial charge in [-0.1, -0.05) is 0 Å². The summed E-state index contributed by atoms with van der Waals surface area (Å²) in [5, 5.41) is 12.5. The number of aromatic nitrogens is 5. The van der Waals surface area contributed by atoms with E-state index in [0.29, 0.717) is 11.6 Å². The number of ether oxygens (including phenoxy) is 2. The molecule has 4 saturated carbocycles. The Labute approximate surface area is 216 Å². The summed E-state index contributed by atoms with van der Waals surface area (Å²) < 4.78 is 89.1. The molecule has 3 heterocycles. The minimum atomic E-state index is -4.89. The summed E-state index contributed by atoms with van der Waals surface area (Å²) in [4.78, 5) is 20.0. The van der Waals surface area contributed by atoms with Crippen LogP contribution in [0.1, 0.15) is 61.5 Å². The fraction of sp³-hybridized carbons (Fsp3) is 0.565. The van der Waals surface area contributed by atoms with Gasteiger partial charge >= 0.3 is 12.5 Å². The maximum Gasteiger partial charge on any atom is 0.522 e. The third-order valence-corrected chi connectivity index (χ3v) is 7.50. The van der Waals surface area contributed by atoms with Crippen molar-refractivity contribution < 1.29 is 40.6 Å². The molecule has 3 atom stereocenters. The van der Waals surface area contributed by atoms with Gasteiger partial charge in [-0.25, -0.2) is 27.9 Å². The third-order valence-electron chi connectivity index (χ3n) is 7.50. The third kappa shape index (κ3) is 5.21. The van der Waals surface area contributed by atoms with E-state index in [9.17, 15) is 31.1 Å². The minimum absolute atomic E-state index is 0.0764. The highest BCUT2D eigenvalue weighted by molar-refractivity contribution is 5.69. The molecule has 3 aromatic rings. The number of imidazole rings is 1. The number of amides is 1. The molecule has 3 aromatic heterocycles. The Balaban J connectivity index is 1.14. The lowest BCUT2D eigenvalue weighted by Gasteiger charge is -2.61. The second kappa shape index (κ2) is 9.27. The molecule has 0 spiro atoms. The van der Waals surface area contributed by atoms with E-state index in [1.807, 2.05) is 0 Å². The number of nitrogens with one attached hydrogen (secondary N) is 3. The van der Waals surface area contributed by atoms with Crippen molar-refractivity contribution in [3.63, 3.8) is 0 Å². The number of carbonyl (C=O) groups excluding carboxylic acids is 1. The van der Waals surface area contributed by atoms with Crippen LogP contribution in [0.2, 0.25) is 0 Å². The van der Waals surface area contributed by atoms with E-state index >= 15 is 0 Å². The van der Waals surface area contributed by atoms with Gasteiger partial charge in [-0.3, -0.25) is 14.2 Å². The molecule has 2 bridgehead atoms. The van der Waals surface area contributed by atoms with E-state index in [4.69, 9.17) is 4.74 Å². The molecule has 0 aromatic carbocycles. The zero-order chi connectivity index (χ0) is 27.5. The zero-order valence-electron chi connectivity index (χ0n) is 20.1. The molecule has 0 saturated heterocycles. The molecule has 16 heteroatoms. The smallest absolute Gasteiger partial charge is 0.443 e. The molecule has 4 aliphatic rings. The number of alkyl carbamates (subject to hydrolysis) is 1. The first-order valence-electron chi connectivity index (χ1n) is 12.3. The number of halogens is 6. The second-order valence-electron chi connectivity index (χ2n) is 10.3. The largest absolute Gasteiger partial charge is 0.522 e. The minimum Gasteiger partial charge on any atom is -0.443 e. The number of alkyl halides is 6. The van der Waals surface area contributed by atoms with Gasteiger partial charge in [0.25, 0.3) is 6.43 Å². The number of carbonyl (C=O) groups is 1. The molecule has 7 rings (SSSR count). The van der Waals surface area contributed by atoms with Crippen molar-refractivity contribution in [3.8, 4) is 0 Å². The van der Waals surface area contributed by atoms with E-state index in [2.05, 4.69) is 35.5 Å². The molecule has 4 aliphatic carbocycles. The van der Waals surface area contributed by atoms with Gasteiger partial charge < -0.3 is 15.4 Å². The Morgan fingerprint density at radius 2 is 1.97 bits per heavy atom. The van der Waals surface area contributed by atoms with E-state index in [0.717, 1.165) is 25.3 Å². The zero-order valence-corrected chi connectivity index (χ0v) is 20.1. The number of H-pyrrole nitrogens is 1. The Morgan fingerprint density at radius 1 is 1.21 bits per heavy atom. The normalized spacial score (nSPS) is 27.9. The molecular weight excluding hydrogens is 536 g/mol. The van der Waals surface area contributed by atoms with Crippen molar-refractivity contribution in [3.05, 3.63) is 35.4 Å². The molecule has 4 fully saturated rings. The lowest BCUT2D eigenvalue weighted by molar-refractivity contribution is -0.330. The first-order valence-corrected chi connectivity index (χ1v) is 12.3. The Morgan fingerprint density at radius 3 is 2.64 bits per heavy atom. The highest BCUT2D eigenvalue weighted by Crippen LogP contribution is 2.57. The van der Waals surface area contributed by atoms with Crippen molar-refractivity contribution in [1.82, 2.24) is 29.9 Å². The van der Waals surface area contributed by atoms with Crippen LogP contribution in [0, 0.1) is 5.92 Å². The summed E-state index contributed by atoms with van der Waals surface area (Å²) in [7, 11) is 0. The van der Waals surface area contributed by atoms with Gasteiger partial charge in [-0.2, -0.15) is 5.10 Å². The number of nitrogens with zero attached hydrogens (tertiary/aromatic N) is 4. The monoisotopic (exact) mass is 559 g/mol. The standard InChI is InChI=1S/C23H23F6N7O3/c24-13-1-11(2-16(13)39-21(37)33-22-5-10(6-22)7-22)14-3-17(35-34-14)32-20-31-15(19(25)26)4-18-30-12(8-36(18)20)9-38-23(27,28)29/h3-4,8,10-11,13,16,19H,1-2,5-7,9H2,(H,33,37)(H2,31,32,34,35)/t10?,11-,13+,16-,22?/m0/s1. The number of hydrogen-bond acceptors (Lipinski definition) is 7. The number of fused-ring (bicyclic) bond motifs is 1. The fourth-order valence-electron chi connectivity index (χ4n) is 5.55. The quantitative estimate of drug-likeness (QED) is 0.331. The summed E-state index contributed by atoms with van der Waals surface area (Å²) in [6.07, 6.45) is -6.51. The van der Waals surface area contributed by atoms with Crippen LogP contribution in [0.4, 0.5) is 42.9 Å². The summed E-state index contributed by atoms with van der Waals surface area (Å²) in [6, 6.07) is 2.49. The fourth-order valence-corrected chi connectivity index (χ4v) is 5.55. The molecular formula is C23H23F6N7O3. The first kappa shape index (κ1) is 25.7. The van der Waals surface area contributed by atoms with Gasteiger partial charge in [-0.15, -0.1) is 13.2 Å². The highest BCUT2D eigenvalue weighted by Gasteiger charge is 2.58. The molecule has 39 heavy (non-hydrogen) atoms. The van der Waals surface area contributed by atoms with E-state index < -0.39 is 43.5 Å². The topological polar surface area (TPSA) is 118 Å². The van der Waals surface area contributed by atoms with Crippen LogP contribution < -0.4 is 10.6 Å². The first-order chi connectivity index (χ1) is 18.5. The SMILES string of the molecule is O=C(NC12CC(C1)C2)O[C@H]1C[C@@H](c2cc(Nc3nc(C(F)F)cc4nc(COC(F)(F)F)cn34)n[nH]2)C[C@H]1F. The predicted molar refractivity (Wildman–Crippen MR) is 121 cm³/mol. The molecule has 1 amide bonds. The van der Waals surface area contributed by atoms with Gasteiger partial charge in [0.05, 0.1) is 12.3 Å². The summed E-state index contributed by atoms with van der Waals surface area (Å²) in [5.74, 6) is 0.290. The van der Waals surface area contributed by atoms with Crippen molar-refractivity contribution in [2.75, 3.05) is 5.32 Å².